The summed E-state index contributed by atoms with van der Waals surface area (Å²) >= 11 is 0. The molecule has 1 saturated heterocycles. The standard InChI is InChI=1S/C19H26FN3O5S/c1-22-7-9-23(10-8-22)19(25)12-15-5-6-17(18(13-24)28-15)21-29(26,27)16-4-2-3-14(20)11-16/h2-6,11,15,17-18,21,24H,7-10,12-13H2,1H3/t15-,17+,18+/m1/s1. The van der Waals surface area contributed by atoms with Crippen LogP contribution in [0.3, 0.4) is 0 Å². The second-order valence-corrected chi connectivity index (χ2v) is 8.99. The van der Waals surface area contributed by atoms with Crippen molar-refractivity contribution in [1.82, 2.24) is 14.5 Å². The first kappa shape index (κ1) is 21.8. The van der Waals surface area contributed by atoms with Crippen LogP contribution in [0.1, 0.15) is 6.42 Å². The lowest BCUT2D eigenvalue weighted by molar-refractivity contribution is -0.136. The summed E-state index contributed by atoms with van der Waals surface area (Å²) in [6, 6.07) is 3.83. The second-order valence-electron chi connectivity index (χ2n) is 7.27. The second kappa shape index (κ2) is 9.31. The number of hydrogen-bond donors (Lipinski definition) is 2. The summed E-state index contributed by atoms with van der Waals surface area (Å²) in [5.74, 6) is -0.701. The van der Waals surface area contributed by atoms with Crippen LogP contribution >= 0.6 is 0 Å². The highest BCUT2D eigenvalue weighted by Crippen LogP contribution is 2.19. The van der Waals surface area contributed by atoms with Crippen LogP contribution in [0.25, 0.3) is 0 Å². The summed E-state index contributed by atoms with van der Waals surface area (Å²) in [7, 11) is -1.99. The largest absolute Gasteiger partial charge is 0.394 e. The van der Waals surface area contributed by atoms with Crippen molar-refractivity contribution >= 4 is 15.9 Å². The molecule has 1 amide bonds. The Balaban J connectivity index is 1.63. The molecular formula is C19H26FN3O5S. The molecule has 1 aromatic carbocycles. The number of halogens is 1. The summed E-state index contributed by atoms with van der Waals surface area (Å²) in [5, 5.41) is 9.65. The number of sulfonamides is 1. The molecule has 29 heavy (non-hydrogen) atoms. The minimum Gasteiger partial charge on any atom is -0.394 e. The van der Waals surface area contributed by atoms with Crippen LogP contribution in [0.2, 0.25) is 0 Å². The van der Waals surface area contributed by atoms with Gasteiger partial charge >= 0.3 is 0 Å². The molecule has 2 aliphatic rings. The summed E-state index contributed by atoms with van der Waals surface area (Å²) in [6.45, 7) is 2.52. The highest BCUT2D eigenvalue weighted by molar-refractivity contribution is 7.89. The zero-order valence-corrected chi connectivity index (χ0v) is 17.0. The molecule has 0 radical (unpaired) electrons. The third-order valence-corrected chi connectivity index (χ3v) is 6.55. The maximum Gasteiger partial charge on any atom is 0.241 e. The summed E-state index contributed by atoms with van der Waals surface area (Å²) in [4.78, 5) is 16.2. The number of likely N-dealkylation sites (N-methyl/N-ethyl adjacent to an activating group) is 1. The lowest BCUT2D eigenvalue weighted by Gasteiger charge is -2.35. The van der Waals surface area contributed by atoms with Crippen molar-refractivity contribution in [2.45, 2.75) is 29.6 Å². The topological polar surface area (TPSA) is 99.2 Å². The molecule has 0 saturated carbocycles. The number of hydrogen-bond acceptors (Lipinski definition) is 6. The van der Waals surface area contributed by atoms with Gasteiger partial charge in [0.25, 0.3) is 0 Å². The number of amides is 1. The SMILES string of the molecule is CN1CCN(C(=O)C[C@H]2C=C[C@H](NS(=O)(=O)c3cccc(F)c3)[C@H](CO)O2)CC1. The van der Waals surface area contributed by atoms with E-state index in [2.05, 4.69) is 9.62 Å². The number of ether oxygens (including phenoxy) is 1. The number of nitrogens with zero attached hydrogens (tertiary/aromatic N) is 2. The summed E-state index contributed by atoms with van der Waals surface area (Å²) in [6.07, 6.45) is 1.92. The maximum atomic E-state index is 13.4. The number of aliphatic hydroxyl groups excluding tert-OH is 1. The van der Waals surface area contributed by atoms with Gasteiger partial charge in [0.15, 0.2) is 0 Å². The van der Waals surface area contributed by atoms with E-state index in [-0.39, 0.29) is 17.2 Å². The average molecular weight is 427 g/mol. The van der Waals surface area contributed by atoms with Gasteiger partial charge in [0.2, 0.25) is 15.9 Å². The van der Waals surface area contributed by atoms with Crippen molar-refractivity contribution in [3.05, 3.63) is 42.2 Å². The number of nitrogens with one attached hydrogen (secondary N) is 1. The fraction of sp³-hybridized carbons (Fsp3) is 0.526. The quantitative estimate of drug-likeness (QED) is 0.618. The van der Waals surface area contributed by atoms with Gasteiger partial charge in [-0.15, -0.1) is 0 Å². The van der Waals surface area contributed by atoms with E-state index in [1.54, 1.807) is 17.1 Å². The Hall–Kier alpha value is -1.85. The molecule has 0 aliphatic carbocycles. The van der Waals surface area contributed by atoms with Gasteiger partial charge in [0, 0.05) is 26.2 Å². The van der Waals surface area contributed by atoms with E-state index in [1.165, 1.54) is 12.1 Å². The highest BCUT2D eigenvalue weighted by atomic mass is 32.2. The number of aliphatic hydroxyl groups is 1. The van der Waals surface area contributed by atoms with E-state index in [0.717, 1.165) is 25.2 Å². The Bertz CT molecular complexity index is 855. The summed E-state index contributed by atoms with van der Waals surface area (Å²) < 4.78 is 46.5. The van der Waals surface area contributed by atoms with Crippen molar-refractivity contribution in [2.24, 2.45) is 0 Å². The molecule has 2 heterocycles. The molecule has 8 nitrogen and oxygen atoms in total. The van der Waals surface area contributed by atoms with Crippen LogP contribution in [0.5, 0.6) is 0 Å². The van der Waals surface area contributed by atoms with Crippen molar-refractivity contribution < 1.29 is 27.4 Å². The Morgan fingerprint density at radius 2 is 2.00 bits per heavy atom. The third kappa shape index (κ3) is 5.61. The smallest absolute Gasteiger partial charge is 0.241 e. The van der Waals surface area contributed by atoms with Crippen molar-refractivity contribution in [2.75, 3.05) is 39.8 Å². The molecule has 3 rings (SSSR count). The van der Waals surface area contributed by atoms with Gasteiger partial charge in [-0.05, 0) is 25.2 Å². The molecule has 0 aromatic heterocycles. The predicted molar refractivity (Wildman–Crippen MR) is 104 cm³/mol. The summed E-state index contributed by atoms with van der Waals surface area (Å²) in [5.41, 5.74) is 0. The van der Waals surface area contributed by atoms with E-state index in [0.29, 0.717) is 13.1 Å². The molecule has 0 unspecified atom stereocenters. The van der Waals surface area contributed by atoms with E-state index >= 15 is 0 Å². The van der Waals surface area contributed by atoms with Crippen molar-refractivity contribution in [3.63, 3.8) is 0 Å². The van der Waals surface area contributed by atoms with Crippen LogP contribution < -0.4 is 4.72 Å². The van der Waals surface area contributed by atoms with Crippen molar-refractivity contribution in [3.8, 4) is 0 Å². The minimum absolute atomic E-state index is 0.0387. The van der Waals surface area contributed by atoms with Crippen LogP contribution in [-0.2, 0) is 19.6 Å². The average Bonchev–Trinajstić information content (AvgIpc) is 2.69. The van der Waals surface area contributed by atoms with E-state index in [4.69, 9.17) is 4.74 Å². The fourth-order valence-corrected chi connectivity index (χ4v) is 4.60. The number of rotatable bonds is 6. The van der Waals surface area contributed by atoms with Crippen LogP contribution in [0, 0.1) is 5.82 Å². The van der Waals surface area contributed by atoms with E-state index in [1.807, 2.05) is 7.05 Å². The molecule has 0 bridgehead atoms. The molecule has 0 spiro atoms. The molecule has 1 fully saturated rings. The highest BCUT2D eigenvalue weighted by Gasteiger charge is 2.32. The number of carbonyl (C=O) groups excluding carboxylic acids is 1. The van der Waals surface area contributed by atoms with Gasteiger partial charge < -0.3 is 19.6 Å². The Kier molecular flexibility index (Phi) is 7.01. The first-order valence-corrected chi connectivity index (χ1v) is 11.0. The zero-order chi connectivity index (χ0) is 21.0. The molecule has 2 N–H and O–H groups in total. The lowest BCUT2D eigenvalue weighted by Crippen LogP contribution is -2.50. The minimum atomic E-state index is -4.00. The van der Waals surface area contributed by atoms with Gasteiger partial charge in [0.05, 0.1) is 30.1 Å². The zero-order valence-electron chi connectivity index (χ0n) is 16.2. The Labute approximate surface area is 170 Å². The molecule has 1 aromatic rings. The van der Waals surface area contributed by atoms with Crippen LogP contribution in [0.4, 0.5) is 4.39 Å². The normalized spacial score (nSPS) is 25.9. The molecule has 3 atom stereocenters. The van der Waals surface area contributed by atoms with Crippen LogP contribution in [-0.4, -0.2) is 87.3 Å². The monoisotopic (exact) mass is 427 g/mol. The maximum absolute atomic E-state index is 13.4. The first-order chi connectivity index (χ1) is 13.8. The predicted octanol–water partition coefficient (Wildman–Crippen LogP) is -0.0474. The number of benzene rings is 1. The first-order valence-electron chi connectivity index (χ1n) is 9.47. The van der Waals surface area contributed by atoms with E-state index in [9.17, 15) is 22.7 Å². The van der Waals surface area contributed by atoms with Crippen LogP contribution in [0.15, 0.2) is 41.3 Å². The number of piperazine rings is 1. The van der Waals surface area contributed by atoms with Gasteiger partial charge in [-0.25, -0.2) is 17.5 Å². The molecule has 160 valence electrons. The van der Waals surface area contributed by atoms with Crippen molar-refractivity contribution in [1.29, 1.82) is 0 Å². The molecular weight excluding hydrogens is 401 g/mol. The van der Waals surface area contributed by atoms with Gasteiger partial charge in [-0.2, -0.15) is 0 Å². The van der Waals surface area contributed by atoms with E-state index < -0.39 is 40.7 Å². The number of carbonyl (C=O) groups is 1. The molecule has 10 heteroatoms. The van der Waals surface area contributed by atoms with Gasteiger partial charge in [0.1, 0.15) is 11.9 Å². The van der Waals surface area contributed by atoms with Gasteiger partial charge in [-0.3, -0.25) is 4.79 Å². The third-order valence-electron chi connectivity index (χ3n) is 5.09. The Morgan fingerprint density at radius 1 is 1.28 bits per heavy atom. The lowest BCUT2D eigenvalue weighted by atomic mass is 10.1. The molecule has 2 aliphatic heterocycles. The fourth-order valence-electron chi connectivity index (χ4n) is 3.35. The van der Waals surface area contributed by atoms with Gasteiger partial charge in [-0.1, -0.05) is 18.2 Å². The Morgan fingerprint density at radius 3 is 2.66 bits per heavy atom.